The van der Waals surface area contributed by atoms with E-state index >= 15 is 0 Å². The zero-order valence-electron chi connectivity index (χ0n) is 16.7. The highest BCUT2D eigenvalue weighted by atomic mass is 127. The number of Topliss-reactive ketones (excluding diaryl/α,β-unsaturated/α-hetero) is 1. The summed E-state index contributed by atoms with van der Waals surface area (Å²) >= 11 is 15.3. The number of carbonyl (C=O) groups excluding carboxylic acids is 2. The summed E-state index contributed by atoms with van der Waals surface area (Å²) in [5.41, 5.74) is 1.95. The van der Waals surface area contributed by atoms with E-state index < -0.39 is 5.97 Å². The van der Waals surface area contributed by atoms with Crippen LogP contribution in [0.1, 0.15) is 21.5 Å². The Balaban J connectivity index is 1.55. The molecule has 4 rings (SSSR count). The number of rotatable bonds is 6. The van der Waals surface area contributed by atoms with Crippen molar-refractivity contribution in [3.05, 3.63) is 101 Å². The first-order chi connectivity index (χ1) is 15.8. The van der Waals surface area contributed by atoms with Gasteiger partial charge in [-0.15, -0.1) is 0 Å². The molecule has 9 heteroatoms. The molecule has 0 amide bonds. The van der Waals surface area contributed by atoms with Gasteiger partial charge in [0.25, 0.3) is 0 Å². The Labute approximate surface area is 225 Å². The lowest BCUT2D eigenvalue weighted by atomic mass is 10.1. The van der Waals surface area contributed by atoms with Crippen molar-refractivity contribution in [2.45, 2.75) is 0 Å². The van der Waals surface area contributed by atoms with Gasteiger partial charge in [0.2, 0.25) is 5.90 Å². The van der Waals surface area contributed by atoms with E-state index in [1.807, 2.05) is 12.1 Å². The van der Waals surface area contributed by atoms with Crippen LogP contribution in [0.3, 0.4) is 0 Å². The molecule has 1 aliphatic heterocycles. The van der Waals surface area contributed by atoms with Crippen molar-refractivity contribution in [2.75, 3.05) is 6.61 Å². The van der Waals surface area contributed by atoms with Crippen LogP contribution in [0.15, 0.2) is 80.3 Å². The maximum atomic E-state index is 12.4. The van der Waals surface area contributed by atoms with Gasteiger partial charge in [-0.2, -0.15) is 0 Å². The first kappa shape index (κ1) is 24.1. The Bertz CT molecular complexity index is 1300. The predicted octanol–water partition coefficient (Wildman–Crippen LogP) is 7.08. The highest BCUT2D eigenvalue weighted by Crippen LogP contribution is 2.36. The second-order valence-electron chi connectivity index (χ2n) is 6.85. The fraction of sp³-hybridized carbons (Fsp3) is 0.0417. The predicted molar refractivity (Wildman–Crippen MR) is 143 cm³/mol. The lowest BCUT2D eigenvalue weighted by Gasteiger charge is -2.11. The van der Waals surface area contributed by atoms with E-state index in [0.717, 1.165) is 3.57 Å². The van der Waals surface area contributed by atoms with Gasteiger partial charge in [-0.3, -0.25) is 4.79 Å². The standard InChI is InChI=1S/C24H13Br2ClINO4/c25-17-8-13(9-18(26)22(17)32-12-21(30)14-4-2-1-3-5-14)10-20-24(31)33-23(29-20)16-11-15(28)6-7-19(16)27/h1-11H,12H2/b20-10-. The van der Waals surface area contributed by atoms with Gasteiger partial charge in [0.1, 0.15) is 5.75 Å². The summed E-state index contributed by atoms with van der Waals surface area (Å²) in [6.07, 6.45) is 1.60. The quantitative estimate of drug-likeness (QED) is 0.119. The van der Waals surface area contributed by atoms with Crippen LogP contribution < -0.4 is 4.74 Å². The average molecular weight is 702 g/mol. The second kappa shape index (κ2) is 10.5. The number of esters is 1. The van der Waals surface area contributed by atoms with Crippen molar-refractivity contribution >= 4 is 89.8 Å². The number of nitrogens with zero attached hydrogens (tertiary/aromatic N) is 1. The van der Waals surface area contributed by atoms with Crippen LogP contribution in [0, 0.1) is 3.57 Å². The fourth-order valence-corrected chi connectivity index (χ4v) is 5.13. The molecule has 0 spiro atoms. The van der Waals surface area contributed by atoms with Crippen molar-refractivity contribution in [1.29, 1.82) is 0 Å². The monoisotopic (exact) mass is 699 g/mol. The third-order valence-corrected chi connectivity index (χ3v) is 6.73. The number of ketones is 1. The fourth-order valence-electron chi connectivity index (χ4n) is 2.99. The van der Waals surface area contributed by atoms with Crippen molar-refractivity contribution in [3.63, 3.8) is 0 Å². The van der Waals surface area contributed by atoms with E-state index in [1.165, 1.54) is 0 Å². The number of cyclic esters (lactones) is 1. The molecule has 0 unspecified atom stereocenters. The molecule has 1 aliphatic rings. The Kier molecular flexibility index (Phi) is 7.68. The van der Waals surface area contributed by atoms with Crippen LogP contribution in [0.25, 0.3) is 6.08 Å². The summed E-state index contributed by atoms with van der Waals surface area (Å²) in [5.74, 6) is -0.0658. The molecule has 33 heavy (non-hydrogen) atoms. The number of hydrogen-bond donors (Lipinski definition) is 0. The maximum absolute atomic E-state index is 12.4. The van der Waals surface area contributed by atoms with Crippen molar-refractivity contribution in [2.24, 2.45) is 4.99 Å². The van der Waals surface area contributed by atoms with Crippen LogP contribution in [0.4, 0.5) is 0 Å². The molecule has 0 aromatic heterocycles. The summed E-state index contributed by atoms with van der Waals surface area (Å²) in [6.45, 7) is -0.113. The van der Waals surface area contributed by atoms with E-state index in [9.17, 15) is 9.59 Å². The van der Waals surface area contributed by atoms with Gasteiger partial charge in [-0.05, 0) is 96.4 Å². The number of ether oxygens (including phenoxy) is 2. The molecule has 5 nitrogen and oxygen atoms in total. The Hall–Kier alpha value is -2.01. The lowest BCUT2D eigenvalue weighted by molar-refractivity contribution is -0.129. The van der Waals surface area contributed by atoms with Gasteiger partial charge in [0, 0.05) is 9.13 Å². The zero-order chi connectivity index (χ0) is 23.5. The molecule has 0 aliphatic carbocycles. The van der Waals surface area contributed by atoms with E-state index in [-0.39, 0.29) is 24.0 Å². The first-order valence-electron chi connectivity index (χ1n) is 9.50. The molecule has 1 heterocycles. The number of benzene rings is 3. The molecule has 166 valence electrons. The molecule has 0 saturated heterocycles. The van der Waals surface area contributed by atoms with Crippen LogP contribution in [-0.2, 0) is 9.53 Å². The van der Waals surface area contributed by atoms with Gasteiger partial charge < -0.3 is 9.47 Å². The highest BCUT2D eigenvalue weighted by Gasteiger charge is 2.26. The molecule has 0 fully saturated rings. The van der Waals surface area contributed by atoms with Gasteiger partial charge in [-0.1, -0.05) is 41.9 Å². The zero-order valence-corrected chi connectivity index (χ0v) is 22.7. The number of hydrogen-bond acceptors (Lipinski definition) is 5. The number of aliphatic imine (C=N–C) groups is 1. The number of carbonyl (C=O) groups is 2. The molecule has 0 radical (unpaired) electrons. The normalized spacial score (nSPS) is 14.2. The summed E-state index contributed by atoms with van der Waals surface area (Å²) in [6, 6.07) is 17.8. The smallest absolute Gasteiger partial charge is 0.363 e. The van der Waals surface area contributed by atoms with E-state index in [4.69, 9.17) is 21.1 Å². The van der Waals surface area contributed by atoms with Crippen LogP contribution in [0.5, 0.6) is 5.75 Å². The van der Waals surface area contributed by atoms with Crippen LogP contribution in [-0.4, -0.2) is 24.3 Å². The minimum atomic E-state index is -0.569. The van der Waals surface area contributed by atoms with Gasteiger partial charge >= 0.3 is 5.97 Å². The number of halogens is 4. The Morgan fingerprint density at radius 2 is 1.79 bits per heavy atom. The topological polar surface area (TPSA) is 65.0 Å². The molecular weight excluding hydrogens is 688 g/mol. The largest absolute Gasteiger partial charge is 0.483 e. The van der Waals surface area contributed by atoms with Gasteiger partial charge in [0.15, 0.2) is 18.1 Å². The second-order valence-corrected chi connectivity index (χ2v) is 10.2. The third-order valence-electron chi connectivity index (χ3n) is 4.55. The van der Waals surface area contributed by atoms with Gasteiger partial charge in [0.05, 0.1) is 19.5 Å². The molecule has 3 aromatic carbocycles. The highest BCUT2D eigenvalue weighted by molar-refractivity contribution is 14.1. The minimum Gasteiger partial charge on any atom is -0.483 e. The summed E-state index contributed by atoms with van der Waals surface area (Å²) < 4.78 is 13.2. The summed E-state index contributed by atoms with van der Waals surface area (Å²) in [5, 5.41) is 0.445. The SMILES string of the molecule is O=C1OC(c2cc(I)ccc2Cl)=N/C1=C\c1cc(Br)c(OCC(=O)c2ccccc2)c(Br)c1. The molecule has 0 N–H and O–H groups in total. The Morgan fingerprint density at radius 1 is 1.09 bits per heavy atom. The molecule has 3 aromatic rings. The van der Waals surface area contributed by atoms with E-state index in [1.54, 1.807) is 54.6 Å². The summed E-state index contributed by atoms with van der Waals surface area (Å²) in [4.78, 5) is 29.0. The van der Waals surface area contributed by atoms with Crippen LogP contribution in [0.2, 0.25) is 5.02 Å². The van der Waals surface area contributed by atoms with E-state index in [0.29, 0.717) is 36.4 Å². The maximum Gasteiger partial charge on any atom is 0.363 e. The van der Waals surface area contributed by atoms with Crippen LogP contribution >= 0.6 is 66.1 Å². The first-order valence-corrected chi connectivity index (χ1v) is 12.5. The van der Waals surface area contributed by atoms with Crippen molar-refractivity contribution in [3.8, 4) is 5.75 Å². The molecule has 0 bridgehead atoms. The third kappa shape index (κ3) is 5.74. The van der Waals surface area contributed by atoms with Crippen molar-refractivity contribution < 1.29 is 19.1 Å². The van der Waals surface area contributed by atoms with Gasteiger partial charge in [-0.25, -0.2) is 9.79 Å². The lowest BCUT2D eigenvalue weighted by Crippen LogP contribution is -2.12. The average Bonchev–Trinajstić information content (AvgIpc) is 3.15. The molecular formula is C24H13Br2ClINO4. The molecule has 0 saturated carbocycles. The summed E-state index contributed by atoms with van der Waals surface area (Å²) in [7, 11) is 0. The van der Waals surface area contributed by atoms with E-state index in [2.05, 4.69) is 59.4 Å². The minimum absolute atomic E-state index is 0.113. The Morgan fingerprint density at radius 3 is 2.48 bits per heavy atom. The molecule has 0 atom stereocenters. The van der Waals surface area contributed by atoms with Crippen molar-refractivity contribution in [1.82, 2.24) is 0 Å².